The topological polar surface area (TPSA) is 78.9 Å². The number of carbonyl (C=O) groups excluding carboxylic acids is 3. The standard InChI is InChI=1S/C67H116O6/c1-4-7-10-13-16-19-22-25-28-31-33-36-39-42-45-48-51-54-57-60-66(69)72-63-64(62-71-65(68)59-56-53-50-47-44-41-38-35-30-27-24-21-18-15-12-9-6-3)73-67(70)61-58-55-52-49-46-43-40-37-34-32-29-26-23-20-17-14-11-8-5-2/h7-8,10-11,16-17,19-20,25-26,28-29,33,36,64H,4-6,9,12-15,18,21-24,27,30-32,34-35,37-63H2,1-3H3/b10-7-,11-8-,19-16-,20-17-,28-25-,29-26-,36-33-. The van der Waals surface area contributed by atoms with Crippen molar-refractivity contribution >= 4 is 17.9 Å². The average Bonchev–Trinajstić information content (AvgIpc) is 3.39. The first-order valence-corrected chi connectivity index (χ1v) is 31.1. The van der Waals surface area contributed by atoms with Gasteiger partial charge >= 0.3 is 17.9 Å². The van der Waals surface area contributed by atoms with Crippen molar-refractivity contribution in [1.29, 1.82) is 0 Å². The van der Waals surface area contributed by atoms with E-state index in [-0.39, 0.29) is 31.1 Å². The summed E-state index contributed by atoms with van der Waals surface area (Å²) in [6.45, 7) is 6.44. The molecule has 0 aliphatic carbocycles. The highest BCUT2D eigenvalue weighted by Crippen LogP contribution is 2.17. The molecule has 0 aromatic rings. The molecule has 6 nitrogen and oxygen atoms in total. The Kier molecular flexibility index (Phi) is 58.3. The molecule has 0 N–H and O–H groups in total. The zero-order chi connectivity index (χ0) is 52.9. The lowest BCUT2D eigenvalue weighted by Gasteiger charge is -2.18. The number of hydrogen-bond acceptors (Lipinski definition) is 6. The van der Waals surface area contributed by atoms with E-state index in [1.165, 1.54) is 154 Å². The molecular weight excluding hydrogens is 901 g/mol. The fraction of sp³-hybridized carbons (Fsp3) is 0.746. The Morgan fingerprint density at radius 2 is 0.534 bits per heavy atom. The largest absolute Gasteiger partial charge is 0.462 e. The van der Waals surface area contributed by atoms with Gasteiger partial charge < -0.3 is 14.2 Å². The minimum Gasteiger partial charge on any atom is -0.462 e. The number of unbranched alkanes of at least 4 members (excludes halogenated alkanes) is 31. The van der Waals surface area contributed by atoms with E-state index in [9.17, 15) is 14.4 Å². The summed E-state index contributed by atoms with van der Waals surface area (Å²) in [5.41, 5.74) is 0. The minimum atomic E-state index is -0.786. The van der Waals surface area contributed by atoms with Crippen LogP contribution in [0.4, 0.5) is 0 Å². The molecule has 0 heterocycles. The molecule has 0 rings (SSSR count). The first-order valence-electron chi connectivity index (χ1n) is 31.1. The summed E-state index contributed by atoms with van der Waals surface area (Å²) >= 11 is 0. The van der Waals surface area contributed by atoms with Gasteiger partial charge in [-0.1, -0.05) is 279 Å². The molecule has 0 saturated heterocycles. The van der Waals surface area contributed by atoms with Gasteiger partial charge in [-0.05, 0) is 89.9 Å². The highest BCUT2D eigenvalue weighted by molar-refractivity contribution is 5.71. The summed E-state index contributed by atoms with van der Waals surface area (Å²) in [6, 6.07) is 0. The van der Waals surface area contributed by atoms with E-state index in [0.29, 0.717) is 19.3 Å². The van der Waals surface area contributed by atoms with E-state index in [1.54, 1.807) is 0 Å². The second kappa shape index (κ2) is 61.1. The highest BCUT2D eigenvalue weighted by Gasteiger charge is 2.19. The predicted molar refractivity (Wildman–Crippen MR) is 316 cm³/mol. The van der Waals surface area contributed by atoms with Crippen molar-refractivity contribution in [2.45, 2.75) is 309 Å². The summed E-state index contributed by atoms with van der Waals surface area (Å²) < 4.78 is 16.9. The maximum atomic E-state index is 12.9. The van der Waals surface area contributed by atoms with Crippen LogP contribution in [-0.4, -0.2) is 37.2 Å². The Bertz CT molecular complexity index is 1400. The third-order valence-electron chi connectivity index (χ3n) is 13.4. The van der Waals surface area contributed by atoms with Crippen LogP contribution in [0.2, 0.25) is 0 Å². The van der Waals surface area contributed by atoms with E-state index in [2.05, 4.69) is 106 Å². The second-order valence-electron chi connectivity index (χ2n) is 20.6. The SMILES string of the molecule is CC/C=C\C/C=C\C/C=C\C/C=C\CCCCCCCCC(=O)OCC(COC(=O)CCCCCCCCCCCCCCCCCCC)OC(=O)CCCCCCCCCCC/C=C\C/C=C\C/C=C\CC. The smallest absolute Gasteiger partial charge is 0.306 e. The fourth-order valence-corrected chi connectivity index (χ4v) is 8.80. The van der Waals surface area contributed by atoms with Crippen molar-refractivity contribution < 1.29 is 28.6 Å². The van der Waals surface area contributed by atoms with Gasteiger partial charge in [0.15, 0.2) is 6.10 Å². The van der Waals surface area contributed by atoms with Gasteiger partial charge in [0.1, 0.15) is 13.2 Å². The van der Waals surface area contributed by atoms with Gasteiger partial charge in [0.05, 0.1) is 0 Å². The van der Waals surface area contributed by atoms with Crippen molar-refractivity contribution in [2.24, 2.45) is 0 Å². The van der Waals surface area contributed by atoms with Crippen LogP contribution in [0.3, 0.4) is 0 Å². The molecule has 0 aliphatic heterocycles. The quantitative estimate of drug-likeness (QED) is 0.0261. The molecule has 6 heteroatoms. The number of hydrogen-bond donors (Lipinski definition) is 0. The molecule has 73 heavy (non-hydrogen) atoms. The van der Waals surface area contributed by atoms with Crippen LogP contribution in [0, 0.1) is 0 Å². The number of allylic oxidation sites excluding steroid dienone is 14. The third-order valence-corrected chi connectivity index (χ3v) is 13.4. The molecule has 0 aliphatic rings. The van der Waals surface area contributed by atoms with Gasteiger partial charge in [0.25, 0.3) is 0 Å². The molecule has 0 aromatic heterocycles. The molecule has 1 atom stereocenters. The molecule has 0 radical (unpaired) electrons. The number of carbonyl (C=O) groups is 3. The molecule has 0 spiro atoms. The molecule has 420 valence electrons. The molecule has 1 unspecified atom stereocenters. The van der Waals surface area contributed by atoms with Crippen molar-refractivity contribution in [1.82, 2.24) is 0 Å². The Morgan fingerprint density at radius 3 is 0.836 bits per heavy atom. The number of esters is 3. The van der Waals surface area contributed by atoms with E-state index in [4.69, 9.17) is 14.2 Å². The number of ether oxygens (including phenoxy) is 3. The van der Waals surface area contributed by atoms with E-state index in [1.807, 2.05) is 0 Å². The van der Waals surface area contributed by atoms with Gasteiger partial charge in [-0.3, -0.25) is 14.4 Å². The zero-order valence-corrected chi connectivity index (χ0v) is 48.1. The fourth-order valence-electron chi connectivity index (χ4n) is 8.80. The van der Waals surface area contributed by atoms with Gasteiger partial charge in [-0.15, -0.1) is 0 Å². The van der Waals surface area contributed by atoms with E-state index >= 15 is 0 Å². The van der Waals surface area contributed by atoms with Gasteiger partial charge in [0.2, 0.25) is 0 Å². The Labute approximate surface area is 452 Å². The van der Waals surface area contributed by atoms with Crippen LogP contribution in [0.1, 0.15) is 303 Å². The first kappa shape index (κ1) is 69.6. The third kappa shape index (κ3) is 59.3. The van der Waals surface area contributed by atoms with E-state index < -0.39 is 6.10 Å². The lowest BCUT2D eigenvalue weighted by atomic mass is 10.0. The molecule has 0 fully saturated rings. The monoisotopic (exact) mass is 1020 g/mol. The van der Waals surface area contributed by atoms with Crippen LogP contribution in [-0.2, 0) is 28.6 Å². The van der Waals surface area contributed by atoms with Crippen molar-refractivity contribution in [3.63, 3.8) is 0 Å². The highest BCUT2D eigenvalue weighted by atomic mass is 16.6. The van der Waals surface area contributed by atoms with Crippen LogP contribution >= 0.6 is 0 Å². The van der Waals surface area contributed by atoms with Crippen molar-refractivity contribution in [2.75, 3.05) is 13.2 Å². The molecule has 0 amide bonds. The second-order valence-corrected chi connectivity index (χ2v) is 20.6. The normalized spacial score (nSPS) is 12.6. The van der Waals surface area contributed by atoms with Gasteiger partial charge in [-0.2, -0.15) is 0 Å². The summed E-state index contributed by atoms with van der Waals surface area (Å²) in [6.07, 6.45) is 80.0. The van der Waals surface area contributed by atoms with Crippen LogP contribution in [0.5, 0.6) is 0 Å². The van der Waals surface area contributed by atoms with Crippen LogP contribution in [0.15, 0.2) is 85.1 Å². The molecule has 0 saturated carbocycles. The molecular formula is C67H116O6. The van der Waals surface area contributed by atoms with E-state index in [0.717, 1.165) is 109 Å². The van der Waals surface area contributed by atoms with Crippen LogP contribution in [0.25, 0.3) is 0 Å². The summed E-state index contributed by atoms with van der Waals surface area (Å²) in [5, 5.41) is 0. The Balaban J connectivity index is 4.40. The maximum Gasteiger partial charge on any atom is 0.306 e. The van der Waals surface area contributed by atoms with Gasteiger partial charge in [0, 0.05) is 19.3 Å². The lowest BCUT2D eigenvalue weighted by molar-refractivity contribution is -0.167. The van der Waals surface area contributed by atoms with Crippen molar-refractivity contribution in [3.05, 3.63) is 85.1 Å². The summed E-state index contributed by atoms with van der Waals surface area (Å²) in [7, 11) is 0. The Hall–Kier alpha value is -3.41. The molecule has 0 bridgehead atoms. The summed E-state index contributed by atoms with van der Waals surface area (Å²) in [5.74, 6) is -0.888. The zero-order valence-electron chi connectivity index (χ0n) is 48.1. The van der Waals surface area contributed by atoms with Crippen molar-refractivity contribution in [3.8, 4) is 0 Å². The number of rotatable bonds is 56. The Morgan fingerprint density at radius 1 is 0.288 bits per heavy atom. The predicted octanol–water partition coefficient (Wildman–Crippen LogP) is 21.1. The average molecular weight is 1020 g/mol. The molecule has 0 aromatic carbocycles. The van der Waals surface area contributed by atoms with Crippen LogP contribution < -0.4 is 0 Å². The van der Waals surface area contributed by atoms with Gasteiger partial charge in [-0.25, -0.2) is 0 Å². The first-order chi connectivity index (χ1) is 36.0. The lowest BCUT2D eigenvalue weighted by Crippen LogP contribution is -2.30. The summed E-state index contributed by atoms with van der Waals surface area (Å²) in [4.78, 5) is 38.3. The maximum absolute atomic E-state index is 12.9. The minimum absolute atomic E-state index is 0.0808.